The Balaban J connectivity index is 2.50. The smallest absolute Gasteiger partial charge is 0.0648 e. The van der Waals surface area contributed by atoms with Crippen LogP contribution in [-0.2, 0) is 4.74 Å². The Bertz CT molecular complexity index is 207. The molecule has 0 heterocycles. The van der Waals surface area contributed by atoms with Crippen LogP contribution in [0.5, 0.6) is 0 Å². The molecule has 0 radical (unpaired) electrons. The van der Waals surface area contributed by atoms with Crippen molar-refractivity contribution in [2.45, 2.75) is 53.1 Å². The van der Waals surface area contributed by atoms with Crippen LogP contribution in [0.15, 0.2) is 12.7 Å². The van der Waals surface area contributed by atoms with Crippen LogP contribution in [0.1, 0.15) is 47.0 Å². The van der Waals surface area contributed by atoms with Crippen molar-refractivity contribution in [1.82, 2.24) is 0 Å². The van der Waals surface area contributed by atoms with Gasteiger partial charge in [0.2, 0.25) is 0 Å². The van der Waals surface area contributed by atoms with Crippen LogP contribution in [0.3, 0.4) is 0 Å². The van der Waals surface area contributed by atoms with Crippen LogP contribution in [0.2, 0.25) is 0 Å². The number of hydrogen-bond donors (Lipinski definition) is 0. The van der Waals surface area contributed by atoms with Gasteiger partial charge in [0.15, 0.2) is 0 Å². The van der Waals surface area contributed by atoms with Crippen LogP contribution in [-0.4, -0.2) is 12.7 Å². The molecule has 0 aliphatic heterocycles. The molecule has 0 aromatic rings. The summed E-state index contributed by atoms with van der Waals surface area (Å²) in [4.78, 5) is 0. The van der Waals surface area contributed by atoms with Gasteiger partial charge in [-0.25, -0.2) is 0 Å². The van der Waals surface area contributed by atoms with E-state index >= 15 is 0 Å². The van der Waals surface area contributed by atoms with Gasteiger partial charge >= 0.3 is 0 Å². The molecule has 0 aromatic heterocycles. The third kappa shape index (κ3) is 3.98. The Morgan fingerprint density at radius 2 is 2.13 bits per heavy atom. The molecule has 3 atom stereocenters. The lowest BCUT2D eigenvalue weighted by atomic mass is 9.67. The molecule has 1 aliphatic rings. The summed E-state index contributed by atoms with van der Waals surface area (Å²) < 4.78 is 5.75. The number of rotatable bonds is 4. The number of hydrogen-bond acceptors (Lipinski definition) is 1. The van der Waals surface area contributed by atoms with Crippen molar-refractivity contribution < 1.29 is 4.74 Å². The topological polar surface area (TPSA) is 9.23 Å². The van der Waals surface area contributed by atoms with Crippen molar-refractivity contribution in [3.8, 4) is 0 Å². The quantitative estimate of drug-likeness (QED) is 0.636. The Kier molecular flexibility index (Phi) is 4.39. The lowest BCUT2D eigenvalue weighted by Crippen LogP contribution is -2.34. The molecular weight excluding hydrogens is 184 g/mol. The molecule has 1 aliphatic carbocycles. The summed E-state index contributed by atoms with van der Waals surface area (Å²) in [6.45, 7) is 13.7. The van der Waals surface area contributed by atoms with E-state index in [1.54, 1.807) is 0 Å². The van der Waals surface area contributed by atoms with Crippen molar-refractivity contribution in [2.75, 3.05) is 6.61 Å². The zero-order valence-corrected chi connectivity index (χ0v) is 10.8. The monoisotopic (exact) mass is 210 g/mol. The first-order valence-electron chi connectivity index (χ1n) is 6.17. The van der Waals surface area contributed by atoms with Gasteiger partial charge in [-0.1, -0.05) is 26.8 Å². The highest BCUT2D eigenvalue weighted by Gasteiger charge is 2.34. The molecule has 88 valence electrons. The van der Waals surface area contributed by atoms with E-state index in [-0.39, 0.29) is 0 Å². The zero-order chi connectivity index (χ0) is 11.5. The number of ether oxygens (including phenoxy) is 1. The van der Waals surface area contributed by atoms with E-state index in [0.717, 1.165) is 11.8 Å². The molecule has 0 N–H and O–H groups in total. The van der Waals surface area contributed by atoms with Gasteiger partial charge < -0.3 is 4.74 Å². The molecular formula is C14H26O. The maximum atomic E-state index is 5.75. The fourth-order valence-electron chi connectivity index (χ4n) is 3.13. The van der Waals surface area contributed by atoms with Gasteiger partial charge in [0.25, 0.3) is 0 Å². The normalized spacial score (nSPS) is 32.3. The van der Waals surface area contributed by atoms with Crippen LogP contribution in [0.4, 0.5) is 0 Å². The average Bonchev–Trinajstić information content (AvgIpc) is 2.10. The maximum Gasteiger partial charge on any atom is 0.0648 e. The second-order valence-corrected chi connectivity index (χ2v) is 6.00. The Hall–Kier alpha value is -0.300. The van der Waals surface area contributed by atoms with Gasteiger partial charge in [0.1, 0.15) is 0 Å². The predicted molar refractivity (Wildman–Crippen MR) is 65.9 cm³/mol. The summed E-state index contributed by atoms with van der Waals surface area (Å²) >= 11 is 0. The standard InChI is InChI=1S/C14H26O/c1-6-7-15-12(3)13-8-11(2)9-14(4,5)10-13/h6,11-13H,1,7-10H2,2-5H3. The van der Waals surface area contributed by atoms with Crippen LogP contribution >= 0.6 is 0 Å². The average molecular weight is 210 g/mol. The van der Waals surface area contributed by atoms with Gasteiger partial charge in [-0.3, -0.25) is 0 Å². The molecule has 1 heteroatoms. The summed E-state index contributed by atoms with van der Waals surface area (Å²) in [5.41, 5.74) is 0.494. The van der Waals surface area contributed by atoms with Crippen molar-refractivity contribution in [3.05, 3.63) is 12.7 Å². The Labute approximate surface area is 94.9 Å². The molecule has 0 saturated heterocycles. The third-order valence-electron chi connectivity index (χ3n) is 3.56. The highest BCUT2D eigenvalue weighted by molar-refractivity contribution is 4.85. The molecule has 1 rings (SSSR count). The van der Waals surface area contributed by atoms with Gasteiger partial charge in [0.05, 0.1) is 12.7 Å². The second-order valence-electron chi connectivity index (χ2n) is 6.00. The van der Waals surface area contributed by atoms with Gasteiger partial charge in [0, 0.05) is 0 Å². The molecule has 1 nitrogen and oxygen atoms in total. The highest BCUT2D eigenvalue weighted by Crippen LogP contribution is 2.43. The molecule has 1 saturated carbocycles. The third-order valence-corrected chi connectivity index (χ3v) is 3.56. The molecule has 1 fully saturated rings. The maximum absolute atomic E-state index is 5.75. The minimum absolute atomic E-state index is 0.380. The predicted octanol–water partition coefficient (Wildman–Crippen LogP) is 4.04. The molecule has 0 amide bonds. The second kappa shape index (κ2) is 5.16. The minimum Gasteiger partial charge on any atom is -0.374 e. The van der Waals surface area contributed by atoms with Gasteiger partial charge in [-0.15, -0.1) is 6.58 Å². The lowest BCUT2D eigenvalue weighted by molar-refractivity contribution is -0.00627. The highest BCUT2D eigenvalue weighted by atomic mass is 16.5. The summed E-state index contributed by atoms with van der Waals surface area (Å²) in [5, 5.41) is 0. The SMILES string of the molecule is C=CCOC(C)C1CC(C)CC(C)(C)C1. The van der Waals surface area contributed by atoms with E-state index < -0.39 is 0 Å². The summed E-state index contributed by atoms with van der Waals surface area (Å²) in [6.07, 6.45) is 6.20. The summed E-state index contributed by atoms with van der Waals surface area (Å²) in [6, 6.07) is 0. The van der Waals surface area contributed by atoms with E-state index in [2.05, 4.69) is 34.3 Å². The largest absolute Gasteiger partial charge is 0.374 e. The Morgan fingerprint density at radius 1 is 1.47 bits per heavy atom. The summed E-state index contributed by atoms with van der Waals surface area (Å²) in [7, 11) is 0. The first kappa shape index (κ1) is 12.8. The van der Waals surface area contributed by atoms with E-state index in [1.165, 1.54) is 19.3 Å². The molecule has 3 unspecified atom stereocenters. The van der Waals surface area contributed by atoms with Crippen LogP contribution < -0.4 is 0 Å². The van der Waals surface area contributed by atoms with E-state index in [1.807, 2.05) is 6.08 Å². The minimum atomic E-state index is 0.380. The van der Waals surface area contributed by atoms with Crippen molar-refractivity contribution >= 4 is 0 Å². The fourth-order valence-corrected chi connectivity index (χ4v) is 3.13. The first-order chi connectivity index (χ1) is 6.94. The van der Waals surface area contributed by atoms with Crippen LogP contribution in [0, 0.1) is 17.3 Å². The molecule has 0 bridgehead atoms. The molecule has 0 spiro atoms. The van der Waals surface area contributed by atoms with Crippen LogP contribution in [0.25, 0.3) is 0 Å². The van der Waals surface area contributed by atoms with E-state index in [9.17, 15) is 0 Å². The molecule has 15 heavy (non-hydrogen) atoms. The van der Waals surface area contributed by atoms with E-state index in [0.29, 0.717) is 18.1 Å². The first-order valence-corrected chi connectivity index (χ1v) is 6.17. The fraction of sp³-hybridized carbons (Fsp3) is 0.857. The van der Waals surface area contributed by atoms with Crippen molar-refractivity contribution in [3.63, 3.8) is 0 Å². The van der Waals surface area contributed by atoms with Crippen molar-refractivity contribution in [1.29, 1.82) is 0 Å². The molecule has 0 aromatic carbocycles. The Morgan fingerprint density at radius 3 is 2.67 bits per heavy atom. The zero-order valence-electron chi connectivity index (χ0n) is 10.8. The van der Waals surface area contributed by atoms with Crippen molar-refractivity contribution in [2.24, 2.45) is 17.3 Å². The van der Waals surface area contributed by atoms with Gasteiger partial charge in [-0.2, -0.15) is 0 Å². The lowest BCUT2D eigenvalue weighted by Gasteiger charge is -2.41. The van der Waals surface area contributed by atoms with Gasteiger partial charge in [-0.05, 0) is 43.4 Å². The van der Waals surface area contributed by atoms with E-state index in [4.69, 9.17) is 4.74 Å². The summed E-state index contributed by atoms with van der Waals surface area (Å²) in [5.74, 6) is 1.57.